The first-order valence-corrected chi connectivity index (χ1v) is 8.99. The molecule has 3 rings (SSSR count). The molecule has 1 fully saturated rings. The molecule has 2 N–H and O–H groups in total. The van der Waals surface area contributed by atoms with Crippen LogP contribution < -0.4 is 5.32 Å². The second-order valence-electron chi connectivity index (χ2n) is 7.33. The van der Waals surface area contributed by atoms with Crippen LogP contribution in [0, 0.1) is 11.8 Å². The lowest BCUT2D eigenvalue weighted by Crippen LogP contribution is -2.44. The van der Waals surface area contributed by atoms with E-state index in [4.69, 9.17) is 0 Å². The van der Waals surface area contributed by atoms with Crippen molar-refractivity contribution in [3.05, 3.63) is 35.5 Å². The third-order valence-corrected chi connectivity index (χ3v) is 5.80. The van der Waals surface area contributed by atoms with Crippen molar-refractivity contribution in [1.82, 2.24) is 9.88 Å². The summed E-state index contributed by atoms with van der Waals surface area (Å²) in [7, 11) is 1.73. The van der Waals surface area contributed by atoms with Gasteiger partial charge in [0.1, 0.15) is 5.69 Å². The summed E-state index contributed by atoms with van der Waals surface area (Å²) < 4.78 is 1.66. The third kappa shape index (κ3) is 3.28. The Morgan fingerprint density at radius 2 is 1.96 bits per heavy atom. The molecule has 1 amide bonds. The van der Waals surface area contributed by atoms with Crippen LogP contribution in [0.4, 0.5) is 0 Å². The van der Waals surface area contributed by atoms with Crippen molar-refractivity contribution in [3.63, 3.8) is 0 Å². The van der Waals surface area contributed by atoms with Gasteiger partial charge in [0.15, 0.2) is 0 Å². The minimum Gasteiger partial charge on any atom is -0.477 e. The van der Waals surface area contributed by atoms with Gasteiger partial charge in [0, 0.05) is 29.6 Å². The Bertz CT molecular complexity index is 809. The summed E-state index contributed by atoms with van der Waals surface area (Å²) in [6.45, 7) is 4.42. The van der Waals surface area contributed by atoms with E-state index in [0.717, 1.165) is 23.7 Å². The number of nitrogens with one attached hydrogen (secondary N) is 1. The zero-order valence-corrected chi connectivity index (χ0v) is 15.1. The highest BCUT2D eigenvalue weighted by atomic mass is 16.4. The van der Waals surface area contributed by atoms with Gasteiger partial charge in [-0.05, 0) is 24.3 Å². The first-order chi connectivity index (χ1) is 11.9. The lowest BCUT2D eigenvalue weighted by molar-refractivity contribution is -0.121. The molecule has 1 heterocycles. The van der Waals surface area contributed by atoms with Crippen molar-refractivity contribution in [3.8, 4) is 0 Å². The first-order valence-electron chi connectivity index (χ1n) is 8.99. The highest BCUT2D eigenvalue weighted by molar-refractivity contribution is 6.00. The second-order valence-corrected chi connectivity index (χ2v) is 7.33. The maximum Gasteiger partial charge on any atom is 0.352 e. The molecular weight excluding hydrogens is 316 g/mol. The molecule has 134 valence electrons. The van der Waals surface area contributed by atoms with Crippen molar-refractivity contribution in [1.29, 1.82) is 0 Å². The normalized spacial score (nSPS) is 23.6. The first kappa shape index (κ1) is 17.5. The summed E-state index contributed by atoms with van der Waals surface area (Å²) in [4.78, 5) is 24.4. The van der Waals surface area contributed by atoms with Gasteiger partial charge in [-0.3, -0.25) is 4.79 Å². The number of carbonyl (C=O) groups is 2. The van der Waals surface area contributed by atoms with Crippen molar-refractivity contribution in [2.75, 3.05) is 0 Å². The largest absolute Gasteiger partial charge is 0.477 e. The second kappa shape index (κ2) is 6.90. The summed E-state index contributed by atoms with van der Waals surface area (Å²) in [6.07, 6.45) is 3.43. The maximum atomic E-state index is 12.6. The van der Waals surface area contributed by atoms with E-state index in [2.05, 4.69) is 19.2 Å². The van der Waals surface area contributed by atoms with Crippen LogP contribution in [0.15, 0.2) is 24.3 Å². The molecular formula is C20H26N2O3. The lowest BCUT2D eigenvalue weighted by Gasteiger charge is -2.34. The van der Waals surface area contributed by atoms with Crippen LogP contribution >= 0.6 is 0 Å². The lowest BCUT2D eigenvalue weighted by atomic mass is 9.78. The monoisotopic (exact) mass is 342 g/mol. The molecule has 0 spiro atoms. The Kier molecular flexibility index (Phi) is 4.84. The van der Waals surface area contributed by atoms with Gasteiger partial charge in [-0.15, -0.1) is 0 Å². The van der Waals surface area contributed by atoms with Crippen molar-refractivity contribution >= 4 is 22.8 Å². The van der Waals surface area contributed by atoms with Gasteiger partial charge in [-0.1, -0.05) is 44.9 Å². The van der Waals surface area contributed by atoms with E-state index in [9.17, 15) is 14.7 Å². The summed E-state index contributed by atoms with van der Waals surface area (Å²) in [5, 5.41) is 13.6. The number of nitrogens with zero attached hydrogens (tertiary/aromatic N) is 1. The molecule has 1 aliphatic carbocycles. The number of carboxylic acids is 1. The van der Waals surface area contributed by atoms with Crippen molar-refractivity contribution < 1.29 is 14.7 Å². The number of benzene rings is 1. The van der Waals surface area contributed by atoms with Crippen LogP contribution in [0.3, 0.4) is 0 Å². The fourth-order valence-electron chi connectivity index (χ4n) is 4.13. The molecule has 0 bridgehead atoms. The topological polar surface area (TPSA) is 71.3 Å². The van der Waals surface area contributed by atoms with E-state index < -0.39 is 5.97 Å². The molecule has 1 saturated carbocycles. The number of aromatic nitrogens is 1. The average Bonchev–Trinajstić information content (AvgIpc) is 2.85. The summed E-state index contributed by atoms with van der Waals surface area (Å²) >= 11 is 0. The number of hydrogen-bond donors (Lipinski definition) is 2. The van der Waals surface area contributed by atoms with Gasteiger partial charge in [-0.2, -0.15) is 0 Å². The molecule has 1 aromatic heterocycles. The van der Waals surface area contributed by atoms with Crippen LogP contribution in [-0.2, 0) is 18.3 Å². The van der Waals surface area contributed by atoms with Crippen molar-refractivity contribution in [2.45, 2.75) is 45.6 Å². The molecule has 0 radical (unpaired) electrons. The quantitative estimate of drug-likeness (QED) is 0.895. The van der Waals surface area contributed by atoms with Crippen LogP contribution in [0.1, 0.15) is 49.2 Å². The minimum absolute atomic E-state index is 0.0928. The van der Waals surface area contributed by atoms with Gasteiger partial charge >= 0.3 is 5.97 Å². The molecule has 1 aliphatic rings. The molecule has 25 heavy (non-hydrogen) atoms. The fraction of sp³-hybridized carbons (Fsp3) is 0.500. The van der Waals surface area contributed by atoms with E-state index in [0.29, 0.717) is 17.4 Å². The van der Waals surface area contributed by atoms with E-state index >= 15 is 0 Å². The standard InChI is InChI=1S/C20H26N2O3/c1-12-7-6-9-16(13(12)2)21-18(23)11-15-14-8-4-5-10-17(14)22(3)19(15)20(24)25/h4-5,8,10,12-13,16H,6-7,9,11H2,1-3H3,(H,21,23)(H,24,25). The highest BCUT2D eigenvalue weighted by Gasteiger charge is 2.29. The predicted octanol–water partition coefficient (Wildman–Crippen LogP) is 3.36. The van der Waals surface area contributed by atoms with Crippen LogP contribution in [0.2, 0.25) is 0 Å². The highest BCUT2D eigenvalue weighted by Crippen LogP contribution is 2.30. The molecule has 0 saturated heterocycles. The van der Waals surface area contributed by atoms with Crippen LogP contribution in [0.5, 0.6) is 0 Å². The Balaban J connectivity index is 1.86. The number of carbonyl (C=O) groups excluding carboxylic acids is 1. The minimum atomic E-state index is -0.999. The summed E-state index contributed by atoms with van der Waals surface area (Å²) in [5.41, 5.74) is 1.63. The zero-order valence-electron chi connectivity index (χ0n) is 15.1. The predicted molar refractivity (Wildman–Crippen MR) is 97.7 cm³/mol. The maximum absolute atomic E-state index is 12.6. The van der Waals surface area contributed by atoms with Gasteiger partial charge in [0.05, 0.1) is 6.42 Å². The molecule has 2 aromatic rings. The van der Waals surface area contributed by atoms with E-state index in [1.807, 2.05) is 24.3 Å². The number of aryl methyl sites for hydroxylation is 1. The van der Waals surface area contributed by atoms with Crippen LogP contribution in [0.25, 0.3) is 10.9 Å². The summed E-state index contributed by atoms with van der Waals surface area (Å²) in [6, 6.07) is 7.70. The third-order valence-electron chi connectivity index (χ3n) is 5.80. The Morgan fingerprint density at radius 1 is 1.24 bits per heavy atom. The van der Waals surface area contributed by atoms with Gasteiger partial charge in [-0.25, -0.2) is 4.79 Å². The number of fused-ring (bicyclic) bond motifs is 1. The number of hydrogen-bond acceptors (Lipinski definition) is 2. The van der Waals surface area contributed by atoms with Crippen molar-refractivity contribution in [2.24, 2.45) is 18.9 Å². The number of aromatic carboxylic acids is 1. The van der Waals surface area contributed by atoms with Crippen LogP contribution in [-0.4, -0.2) is 27.6 Å². The summed E-state index contributed by atoms with van der Waals surface area (Å²) in [5.74, 6) is -0.0405. The SMILES string of the molecule is CC1CCCC(NC(=O)Cc2c(C(=O)O)n(C)c3ccccc23)C1C. The molecule has 3 unspecified atom stereocenters. The van der Waals surface area contributed by atoms with E-state index in [-0.39, 0.29) is 24.1 Å². The smallest absolute Gasteiger partial charge is 0.352 e. The van der Waals surface area contributed by atoms with Gasteiger partial charge in [0.2, 0.25) is 5.91 Å². The Labute approximate surface area is 148 Å². The number of para-hydroxylation sites is 1. The van der Waals surface area contributed by atoms with Gasteiger partial charge < -0.3 is 15.0 Å². The van der Waals surface area contributed by atoms with E-state index in [1.54, 1.807) is 11.6 Å². The van der Waals surface area contributed by atoms with Gasteiger partial charge in [0.25, 0.3) is 0 Å². The van der Waals surface area contributed by atoms with E-state index in [1.165, 1.54) is 6.42 Å². The molecule has 0 aliphatic heterocycles. The molecule has 3 atom stereocenters. The zero-order chi connectivity index (χ0) is 18.1. The Morgan fingerprint density at radius 3 is 2.68 bits per heavy atom. The molecule has 5 nitrogen and oxygen atoms in total. The number of rotatable bonds is 4. The fourth-order valence-corrected chi connectivity index (χ4v) is 4.13. The molecule has 1 aromatic carbocycles. The number of amides is 1. The number of carboxylic acid groups (broad SMARTS) is 1. The Hall–Kier alpha value is -2.30. The molecule has 5 heteroatoms. The average molecular weight is 342 g/mol.